The predicted molar refractivity (Wildman–Crippen MR) is 77.6 cm³/mol. The summed E-state index contributed by atoms with van der Waals surface area (Å²) in [6.45, 7) is 4.07. The maximum absolute atomic E-state index is 10.0. The zero-order valence-electron chi connectivity index (χ0n) is 11.5. The Hall–Kier alpha value is -1.80. The molecule has 0 aliphatic rings. The van der Waals surface area contributed by atoms with Gasteiger partial charge in [-0.15, -0.1) is 0 Å². The van der Waals surface area contributed by atoms with Gasteiger partial charge in [0.25, 0.3) is 0 Å². The zero-order chi connectivity index (χ0) is 13.7. The Morgan fingerprint density at radius 1 is 0.947 bits per heavy atom. The summed E-state index contributed by atoms with van der Waals surface area (Å²) >= 11 is 0. The van der Waals surface area contributed by atoms with E-state index in [0.29, 0.717) is 6.42 Å². The molecule has 0 radical (unpaired) electrons. The number of aliphatic hydroxyl groups excluding tert-OH is 1. The van der Waals surface area contributed by atoms with Gasteiger partial charge >= 0.3 is 0 Å². The van der Waals surface area contributed by atoms with E-state index in [2.05, 4.69) is 13.0 Å². The molecule has 0 heterocycles. The standard InChI is InChI=1S/C17H20O2/c1-3-13-9-5-7-11-16(13)19-17-12-8-6-10-14(17)15(18)4-2/h5-12,15,18H,3-4H2,1-2H3/t15-/m1/s1. The lowest BCUT2D eigenvalue weighted by atomic mass is 10.1. The Morgan fingerprint density at radius 3 is 2.26 bits per heavy atom. The first-order valence-corrected chi connectivity index (χ1v) is 6.79. The van der Waals surface area contributed by atoms with Gasteiger partial charge in [0.05, 0.1) is 6.10 Å². The first kappa shape index (κ1) is 13.6. The molecule has 2 aromatic rings. The van der Waals surface area contributed by atoms with E-state index in [4.69, 9.17) is 4.74 Å². The third-order valence-electron chi connectivity index (χ3n) is 3.24. The minimum atomic E-state index is -0.481. The van der Waals surface area contributed by atoms with Crippen molar-refractivity contribution in [3.8, 4) is 11.5 Å². The molecule has 0 aliphatic heterocycles. The van der Waals surface area contributed by atoms with Gasteiger partial charge in [0.15, 0.2) is 0 Å². The highest BCUT2D eigenvalue weighted by molar-refractivity contribution is 5.42. The van der Waals surface area contributed by atoms with E-state index in [1.807, 2.05) is 49.4 Å². The summed E-state index contributed by atoms with van der Waals surface area (Å²) in [7, 11) is 0. The smallest absolute Gasteiger partial charge is 0.133 e. The van der Waals surface area contributed by atoms with Crippen molar-refractivity contribution in [3.05, 3.63) is 59.7 Å². The van der Waals surface area contributed by atoms with Gasteiger partial charge in [-0.25, -0.2) is 0 Å². The van der Waals surface area contributed by atoms with Crippen molar-refractivity contribution >= 4 is 0 Å². The Kier molecular flexibility index (Phi) is 4.58. The Bertz CT molecular complexity index is 534. The lowest BCUT2D eigenvalue weighted by Gasteiger charge is -2.16. The van der Waals surface area contributed by atoms with Crippen LogP contribution in [0.2, 0.25) is 0 Å². The number of benzene rings is 2. The minimum absolute atomic E-state index is 0.481. The second-order valence-electron chi connectivity index (χ2n) is 4.53. The molecule has 0 amide bonds. The van der Waals surface area contributed by atoms with Gasteiger partial charge in [0, 0.05) is 5.56 Å². The lowest BCUT2D eigenvalue weighted by molar-refractivity contribution is 0.170. The van der Waals surface area contributed by atoms with E-state index in [-0.39, 0.29) is 0 Å². The van der Waals surface area contributed by atoms with Gasteiger partial charge in [-0.05, 0) is 30.5 Å². The highest BCUT2D eigenvalue weighted by Gasteiger charge is 2.12. The molecule has 2 aromatic carbocycles. The molecule has 0 unspecified atom stereocenters. The fourth-order valence-corrected chi connectivity index (χ4v) is 2.08. The summed E-state index contributed by atoms with van der Waals surface area (Å²) in [5, 5.41) is 10.0. The van der Waals surface area contributed by atoms with Crippen molar-refractivity contribution in [1.82, 2.24) is 0 Å². The molecule has 0 bridgehead atoms. The summed E-state index contributed by atoms with van der Waals surface area (Å²) in [5.41, 5.74) is 2.01. The molecule has 0 spiro atoms. The molecule has 0 aromatic heterocycles. The molecule has 0 saturated carbocycles. The summed E-state index contributed by atoms with van der Waals surface area (Å²) in [6.07, 6.45) is 1.12. The van der Waals surface area contributed by atoms with Gasteiger partial charge in [-0.1, -0.05) is 50.2 Å². The fourth-order valence-electron chi connectivity index (χ4n) is 2.08. The summed E-state index contributed by atoms with van der Waals surface area (Å²) in [6, 6.07) is 15.7. The van der Waals surface area contributed by atoms with Crippen molar-refractivity contribution in [3.63, 3.8) is 0 Å². The van der Waals surface area contributed by atoms with Crippen molar-refractivity contribution in [2.24, 2.45) is 0 Å². The van der Waals surface area contributed by atoms with E-state index >= 15 is 0 Å². The highest BCUT2D eigenvalue weighted by Crippen LogP contribution is 2.32. The Balaban J connectivity index is 2.33. The SMILES string of the molecule is CCc1ccccc1Oc1ccccc1[C@H](O)CC. The van der Waals surface area contributed by atoms with Crippen LogP contribution in [0.5, 0.6) is 11.5 Å². The molecule has 19 heavy (non-hydrogen) atoms. The highest BCUT2D eigenvalue weighted by atomic mass is 16.5. The van der Waals surface area contributed by atoms with Crippen LogP contribution in [-0.2, 0) is 6.42 Å². The number of aryl methyl sites for hydroxylation is 1. The van der Waals surface area contributed by atoms with Crippen LogP contribution in [0.25, 0.3) is 0 Å². The van der Waals surface area contributed by atoms with Crippen LogP contribution in [0.15, 0.2) is 48.5 Å². The molecule has 2 rings (SSSR count). The molecule has 0 aliphatic carbocycles. The number of hydrogen-bond donors (Lipinski definition) is 1. The van der Waals surface area contributed by atoms with Crippen molar-refractivity contribution in [2.75, 3.05) is 0 Å². The van der Waals surface area contributed by atoms with Crippen LogP contribution in [0, 0.1) is 0 Å². The van der Waals surface area contributed by atoms with Crippen LogP contribution in [0.4, 0.5) is 0 Å². The van der Waals surface area contributed by atoms with Crippen molar-refractivity contribution in [2.45, 2.75) is 32.8 Å². The van der Waals surface area contributed by atoms with Crippen LogP contribution in [0.1, 0.15) is 37.5 Å². The van der Waals surface area contributed by atoms with Crippen molar-refractivity contribution in [1.29, 1.82) is 0 Å². The van der Waals surface area contributed by atoms with E-state index < -0.39 is 6.10 Å². The largest absolute Gasteiger partial charge is 0.457 e. The summed E-state index contributed by atoms with van der Waals surface area (Å²) in [5.74, 6) is 1.60. The molecule has 0 saturated heterocycles. The second-order valence-corrected chi connectivity index (χ2v) is 4.53. The third kappa shape index (κ3) is 3.15. The number of para-hydroxylation sites is 2. The lowest BCUT2D eigenvalue weighted by Crippen LogP contribution is -1.99. The Morgan fingerprint density at radius 2 is 1.58 bits per heavy atom. The first-order valence-electron chi connectivity index (χ1n) is 6.79. The molecule has 2 nitrogen and oxygen atoms in total. The number of ether oxygens (including phenoxy) is 1. The zero-order valence-corrected chi connectivity index (χ0v) is 11.5. The fraction of sp³-hybridized carbons (Fsp3) is 0.294. The molecule has 0 fully saturated rings. The Labute approximate surface area is 114 Å². The van der Waals surface area contributed by atoms with Crippen LogP contribution < -0.4 is 4.74 Å². The average molecular weight is 256 g/mol. The van der Waals surface area contributed by atoms with E-state index in [1.54, 1.807) is 0 Å². The van der Waals surface area contributed by atoms with Gasteiger partial charge in [-0.2, -0.15) is 0 Å². The van der Waals surface area contributed by atoms with Crippen LogP contribution >= 0.6 is 0 Å². The number of rotatable bonds is 5. The van der Waals surface area contributed by atoms with Crippen molar-refractivity contribution < 1.29 is 9.84 Å². The molecule has 1 atom stereocenters. The van der Waals surface area contributed by atoms with Gasteiger partial charge in [0.1, 0.15) is 11.5 Å². The number of hydrogen-bond acceptors (Lipinski definition) is 2. The van der Waals surface area contributed by atoms with Crippen LogP contribution in [0.3, 0.4) is 0 Å². The molecular weight excluding hydrogens is 236 g/mol. The average Bonchev–Trinajstić information content (AvgIpc) is 2.47. The van der Waals surface area contributed by atoms with Crippen LogP contribution in [-0.4, -0.2) is 5.11 Å². The minimum Gasteiger partial charge on any atom is -0.457 e. The molecule has 1 N–H and O–H groups in total. The van der Waals surface area contributed by atoms with E-state index in [0.717, 1.165) is 23.5 Å². The summed E-state index contributed by atoms with van der Waals surface area (Å²) in [4.78, 5) is 0. The van der Waals surface area contributed by atoms with E-state index in [9.17, 15) is 5.11 Å². The van der Waals surface area contributed by atoms with Gasteiger partial charge in [0.2, 0.25) is 0 Å². The second kappa shape index (κ2) is 6.39. The quantitative estimate of drug-likeness (QED) is 0.854. The van der Waals surface area contributed by atoms with Gasteiger partial charge < -0.3 is 9.84 Å². The normalized spacial score (nSPS) is 12.2. The third-order valence-corrected chi connectivity index (χ3v) is 3.24. The summed E-state index contributed by atoms with van der Waals surface area (Å²) < 4.78 is 5.99. The molecular formula is C17H20O2. The predicted octanol–water partition coefficient (Wildman–Crippen LogP) is 4.48. The van der Waals surface area contributed by atoms with Gasteiger partial charge in [-0.3, -0.25) is 0 Å². The monoisotopic (exact) mass is 256 g/mol. The van der Waals surface area contributed by atoms with E-state index in [1.165, 1.54) is 5.56 Å². The topological polar surface area (TPSA) is 29.5 Å². The maximum Gasteiger partial charge on any atom is 0.133 e. The maximum atomic E-state index is 10.0. The molecule has 100 valence electrons. The number of aliphatic hydroxyl groups is 1. The molecule has 2 heteroatoms. The first-order chi connectivity index (χ1) is 9.26.